The highest BCUT2D eigenvalue weighted by Gasteiger charge is 2.22. The lowest BCUT2D eigenvalue weighted by atomic mass is 10.1. The van der Waals surface area contributed by atoms with Crippen LogP contribution in [-0.4, -0.2) is 21.4 Å². The van der Waals surface area contributed by atoms with Gasteiger partial charge in [-0.3, -0.25) is 4.31 Å². The van der Waals surface area contributed by atoms with Gasteiger partial charge in [0.15, 0.2) is 0 Å². The second-order valence-electron chi connectivity index (χ2n) is 7.13. The number of fused-ring (bicyclic) bond motifs is 1. The molecule has 0 aliphatic heterocycles. The number of carbonyl (C=O) groups excluding carboxylic acids is 1. The number of sulfonamides is 1. The average Bonchev–Trinajstić information content (AvgIpc) is 2.78. The quantitative estimate of drug-likeness (QED) is 0.258. The van der Waals surface area contributed by atoms with Gasteiger partial charge in [-0.15, -0.1) is 0 Å². The summed E-state index contributed by atoms with van der Waals surface area (Å²) in [7, 11) is -2.32. The van der Waals surface area contributed by atoms with Crippen molar-refractivity contribution in [3.63, 3.8) is 0 Å². The molecule has 32 heavy (non-hydrogen) atoms. The zero-order valence-electron chi connectivity index (χ0n) is 17.3. The number of benzene rings is 3. The predicted octanol–water partition coefficient (Wildman–Crippen LogP) is 4.15. The van der Waals surface area contributed by atoms with Crippen LogP contribution in [-0.2, 0) is 10.0 Å². The van der Waals surface area contributed by atoms with E-state index in [2.05, 4.69) is 0 Å². The minimum Gasteiger partial charge on any atom is -0.423 e. The summed E-state index contributed by atoms with van der Waals surface area (Å²) in [6, 6.07) is 20.3. The summed E-state index contributed by atoms with van der Waals surface area (Å²) in [5.74, 6) is -0.462. The van der Waals surface area contributed by atoms with E-state index in [1.807, 2.05) is 0 Å². The van der Waals surface area contributed by atoms with E-state index in [4.69, 9.17) is 9.15 Å². The van der Waals surface area contributed by atoms with Crippen LogP contribution in [0.3, 0.4) is 0 Å². The van der Waals surface area contributed by atoms with Gasteiger partial charge in [0.1, 0.15) is 11.3 Å². The molecule has 1 aromatic heterocycles. The Labute approximate surface area is 184 Å². The van der Waals surface area contributed by atoms with Crippen molar-refractivity contribution in [1.29, 1.82) is 0 Å². The van der Waals surface area contributed by atoms with Crippen LogP contribution in [0.2, 0.25) is 0 Å². The number of nitrogens with zero attached hydrogens (tertiary/aromatic N) is 1. The van der Waals surface area contributed by atoms with Gasteiger partial charge in [-0.1, -0.05) is 18.2 Å². The first kappa shape index (κ1) is 21.3. The van der Waals surface area contributed by atoms with Gasteiger partial charge >= 0.3 is 11.6 Å². The number of rotatable bonds is 5. The molecule has 0 spiro atoms. The van der Waals surface area contributed by atoms with Crippen LogP contribution in [0.25, 0.3) is 11.0 Å². The minimum absolute atomic E-state index is 0.0448. The van der Waals surface area contributed by atoms with Crippen molar-refractivity contribution >= 4 is 32.6 Å². The summed E-state index contributed by atoms with van der Waals surface area (Å²) in [5.41, 5.74) is 1.28. The number of anilines is 1. The van der Waals surface area contributed by atoms with Crippen molar-refractivity contribution in [2.24, 2.45) is 0 Å². The van der Waals surface area contributed by atoms with E-state index in [0.717, 1.165) is 10.9 Å². The molecule has 0 radical (unpaired) electrons. The predicted molar refractivity (Wildman–Crippen MR) is 121 cm³/mol. The molecule has 0 amide bonds. The van der Waals surface area contributed by atoms with Crippen molar-refractivity contribution in [3.05, 3.63) is 100 Å². The van der Waals surface area contributed by atoms with Crippen LogP contribution in [0.5, 0.6) is 5.75 Å². The van der Waals surface area contributed by atoms with Gasteiger partial charge in [0.05, 0.1) is 16.1 Å². The molecule has 0 atom stereocenters. The molecule has 8 heteroatoms. The summed E-state index contributed by atoms with van der Waals surface area (Å²) < 4.78 is 37.4. The van der Waals surface area contributed by atoms with Crippen molar-refractivity contribution in [1.82, 2.24) is 0 Å². The molecule has 1 heterocycles. The summed E-state index contributed by atoms with van der Waals surface area (Å²) in [6.07, 6.45) is 0. The monoisotopic (exact) mass is 449 g/mol. The molecule has 4 rings (SSSR count). The fourth-order valence-corrected chi connectivity index (χ4v) is 4.43. The molecule has 0 unspecified atom stereocenters. The van der Waals surface area contributed by atoms with E-state index in [0.29, 0.717) is 11.3 Å². The van der Waals surface area contributed by atoms with Crippen LogP contribution in [0, 0.1) is 6.92 Å². The maximum absolute atomic E-state index is 12.9. The molecule has 4 aromatic rings. The fraction of sp³-hybridized carbons (Fsp3) is 0.0833. The van der Waals surface area contributed by atoms with Gasteiger partial charge in [0, 0.05) is 24.6 Å². The molecule has 0 aliphatic carbocycles. The Balaban J connectivity index is 1.55. The molecular weight excluding hydrogens is 430 g/mol. The third-order valence-electron chi connectivity index (χ3n) is 5.00. The normalized spacial score (nSPS) is 11.3. The van der Waals surface area contributed by atoms with Crippen molar-refractivity contribution in [2.45, 2.75) is 11.8 Å². The van der Waals surface area contributed by atoms with E-state index in [1.54, 1.807) is 49.4 Å². The van der Waals surface area contributed by atoms with Crippen LogP contribution in [0.1, 0.15) is 15.9 Å². The molecule has 162 valence electrons. The first-order valence-corrected chi connectivity index (χ1v) is 11.1. The van der Waals surface area contributed by atoms with E-state index in [1.165, 1.54) is 47.8 Å². The van der Waals surface area contributed by atoms with E-state index >= 15 is 0 Å². The lowest BCUT2D eigenvalue weighted by Crippen LogP contribution is -2.26. The molecule has 7 nitrogen and oxygen atoms in total. The largest absolute Gasteiger partial charge is 0.423 e. The highest BCUT2D eigenvalue weighted by molar-refractivity contribution is 7.92. The number of hydrogen-bond donors (Lipinski definition) is 0. The maximum Gasteiger partial charge on any atom is 0.343 e. The first-order chi connectivity index (χ1) is 15.3. The topological polar surface area (TPSA) is 93.9 Å². The zero-order chi connectivity index (χ0) is 22.9. The molecule has 0 fully saturated rings. The number of aryl methyl sites for hydroxylation is 1. The zero-order valence-corrected chi connectivity index (χ0v) is 18.1. The maximum atomic E-state index is 12.9. The third kappa shape index (κ3) is 4.13. The molecular formula is C24H19NO6S. The van der Waals surface area contributed by atoms with Gasteiger partial charge in [-0.05, 0) is 61.0 Å². The number of hydrogen-bond acceptors (Lipinski definition) is 6. The van der Waals surface area contributed by atoms with Gasteiger partial charge in [0.2, 0.25) is 0 Å². The van der Waals surface area contributed by atoms with E-state index in [-0.39, 0.29) is 16.2 Å². The summed E-state index contributed by atoms with van der Waals surface area (Å²) in [5, 5.41) is 0.737. The van der Waals surface area contributed by atoms with Gasteiger partial charge in [0.25, 0.3) is 10.0 Å². The number of para-hydroxylation sites is 1. The van der Waals surface area contributed by atoms with Crippen LogP contribution >= 0.6 is 0 Å². The molecule has 0 N–H and O–H groups in total. The SMILES string of the molecule is Cc1cc(=O)oc2cc(OC(=O)c3ccc(S(=O)(=O)N(C)c4ccccc4)cc3)ccc12. The Hall–Kier alpha value is -3.91. The highest BCUT2D eigenvalue weighted by Crippen LogP contribution is 2.24. The summed E-state index contributed by atoms with van der Waals surface area (Å²) in [4.78, 5) is 24.2. The fourth-order valence-electron chi connectivity index (χ4n) is 3.23. The van der Waals surface area contributed by atoms with Crippen molar-refractivity contribution in [2.75, 3.05) is 11.4 Å². The van der Waals surface area contributed by atoms with Crippen LogP contribution in [0.4, 0.5) is 5.69 Å². The van der Waals surface area contributed by atoms with E-state index in [9.17, 15) is 18.0 Å². The molecule has 3 aromatic carbocycles. The van der Waals surface area contributed by atoms with Gasteiger partial charge in [-0.2, -0.15) is 0 Å². The third-order valence-corrected chi connectivity index (χ3v) is 6.80. The van der Waals surface area contributed by atoms with Crippen molar-refractivity contribution < 1.29 is 22.4 Å². The number of esters is 1. The standard InChI is InChI=1S/C24H19NO6S/c1-16-14-23(26)31-22-15-19(10-13-21(16)22)30-24(27)17-8-11-20(12-9-17)32(28,29)25(2)18-6-4-3-5-7-18/h3-15H,1-2H3. The average molecular weight is 449 g/mol. The smallest absolute Gasteiger partial charge is 0.343 e. The Bertz CT molecular complexity index is 1460. The van der Waals surface area contributed by atoms with Gasteiger partial charge in [-0.25, -0.2) is 18.0 Å². The molecule has 0 saturated heterocycles. The second kappa shape index (κ2) is 8.32. The Kier molecular flexibility index (Phi) is 5.54. The number of ether oxygens (including phenoxy) is 1. The molecule has 0 saturated carbocycles. The molecule has 0 aliphatic rings. The Morgan fingerprint density at radius 1 is 0.938 bits per heavy atom. The summed E-state index contributed by atoms with van der Waals surface area (Å²) in [6.45, 7) is 1.79. The van der Waals surface area contributed by atoms with Gasteiger partial charge < -0.3 is 9.15 Å². The highest BCUT2D eigenvalue weighted by atomic mass is 32.2. The number of carbonyl (C=O) groups is 1. The van der Waals surface area contributed by atoms with E-state index < -0.39 is 21.6 Å². The Morgan fingerprint density at radius 2 is 1.62 bits per heavy atom. The minimum atomic E-state index is -3.79. The van der Waals surface area contributed by atoms with Crippen LogP contribution < -0.4 is 14.7 Å². The first-order valence-electron chi connectivity index (χ1n) is 9.66. The van der Waals surface area contributed by atoms with Crippen LogP contribution in [0.15, 0.2) is 93.0 Å². The second-order valence-corrected chi connectivity index (χ2v) is 9.10. The lowest BCUT2D eigenvalue weighted by Gasteiger charge is -2.19. The Morgan fingerprint density at radius 3 is 2.31 bits per heavy atom. The van der Waals surface area contributed by atoms with Crippen molar-refractivity contribution in [3.8, 4) is 5.75 Å². The lowest BCUT2D eigenvalue weighted by molar-refractivity contribution is 0.0735. The molecule has 0 bridgehead atoms. The summed E-state index contributed by atoms with van der Waals surface area (Å²) >= 11 is 0.